The topological polar surface area (TPSA) is 99.8 Å². The van der Waals surface area contributed by atoms with Gasteiger partial charge in [-0.1, -0.05) is 0 Å². The molecule has 1 unspecified atom stereocenters. The molecule has 0 radical (unpaired) electrons. The number of imide groups is 1. The number of nitrogens with zero attached hydrogens (tertiary/aromatic N) is 1. The third-order valence-corrected chi connectivity index (χ3v) is 3.13. The van der Waals surface area contributed by atoms with Gasteiger partial charge in [0.15, 0.2) is 0 Å². The quantitative estimate of drug-likeness (QED) is 0.699. The standard InChI is InChI=1S/C14H26N4O4/c1-14(2,3)22-13(21)16-10-5-7-18(9-10)8-6-11(19)17-12(20)15-4/h10H,5-9H2,1-4H3,(H,16,21)(H2,15,17,19,20). The number of nitrogens with one attached hydrogen (secondary N) is 3. The highest BCUT2D eigenvalue weighted by Crippen LogP contribution is 2.11. The van der Waals surface area contributed by atoms with Crippen molar-refractivity contribution in [1.82, 2.24) is 20.9 Å². The number of urea groups is 1. The summed E-state index contributed by atoms with van der Waals surface area (Å²) in [6, 6.07) is -0.479. The van der Waals surface area contributed by atoms with Crippen LogP contribution in [0.2, 0.25) is 0 Å². The van der Waals surface area contributed by atoms with Gasteiger partial charge in [0.05, 0.1) is 0 Å². The first-order valence-corrected chi connectivity index (χ1v) is 7.43. The van der Waals surface area contributed by atoms with Crippen molar-refractivity contribution in [2.45, 2.75) is 45.3 Å². The van der Waals surface area contributed by atoms with E-state index in [0.29, 0.717) is 13.1 Å². The summed E-state index contributed by atoms with van der Waals surface area (Å²) in [6.07, 6.45) is 0.639. The Morgan fingerprint density at radius 3 is 2.55 bits per heavy atom. The first kappa shape index (κ1) is 18.2. The molecule has 4 amide bonds. The Labute approximate surface area is 130 Å². The first-order chi connectivity index (χ1) is 10.2. The molecular formula is C14H26N4O4. The van der Waals surface area contributed by atoms with Crippen molar-refractivity contribution in [2.75, 3.05) is 26.7 Å². The molecule has 8 nitrogen and oxygen atoms in total. The molecule has 3 N–H and O–H groups in total. The smallest absolute Gasteiger partial charge is 0.407 e. The zero-order valence-electron chi connectivity index (χ0n) is 13.7. The number of alkyl carbamates (subject to hydrolysis) is 1. The van der Waals surface area contributed by atoms with Crippen LogP contribution < -0.4 is 16.0 Å². The molecule has 0 spiro atoms. The Morgan fingerprint density at radius 2 is 1.95 bits per heavy atom. The molecule has 1 aliphatic rings. The molecule has 0 aliphatic carbocycles. The first-order valence-electron chi connectivity index (χ1n) is 7.43. The Kier molecular flexibility index (Phi) is 6.61. The molecule has 22 heavy (non-hydrogen) atoms. The summed E-state index contributed by atoms with van der Waals surface area (Å²) in [4.78, 5) is 36.2. The minimum Gasteiger partial charge on any atom is -0.444 e. The van der Waals surface area contributed by atoms with Crippen LogP contribution in [-0.4, -0.2) is 61.3 Å². The van der Waals surface area contributed by atoms with Crippen LogP contribution in [0.3, 0.4) is 0 Å². The van der Waals surface area contributed by atoms with E-state index < -0.39 is 17.7 Å². The number of hydrogen-bond acceptors (Lipinski definition) is 5. The van der Waals surface area contributed by atoms with Gasteiger partial charge in [-0.3, -0.25) is 10.1 Å². The second-order valence-corrected chi connectivity index (χ2v) is 6.31. The maximum atomic E-state index is 11.7. The lowest BCUT2D eigenvalue weighted by Crippen LogP contribution is -2.41. The van der Waals surface area contributed by atoms with Gasteiger partial charge < -0.3 is 20.3 Å². The average molecular weight is 314 g/mol. The second-order valence-electron chi connectivity index (χ2n) is 6.31. The van der Waals surface area contributed by atoms with E-state index in [9.17, 15) is 14.4 Å². The van der Waals surface area contributed by atoms with Gasteiger partial charge in [-0.2, -0.15) is 0 Å². The maximum Gasteiger partial charge on any atom is 0.407 e. The maximum absolute atomic E-state index is 11.7. The molecule has 1 rings (SSSR count). The van der Waals surface area contributed by atoms with E-state index >= 15 is 0 Å². The van der Waals surface area contributed by atoms with E-state index in [-0.39, 0.29) is 18.4 Å². The van der Waals surface area contributed by atoms with E-state index in [1.165, 1.54) is 7.05 Å². The van der Waals surface area contributed by atoms with Crippen LogP contribution in [0, 0.1) is 0 Å². The fraction of sp³-hybridized carbons (Fsp3) is 0.786. The lowest BCUT2D eigenvalue weighted by atomic mass is 10.2. The number of rotatable bonds is 4. The Hall–Kier alpha value is -1.83. The van der Waals surface area contributed by atoms with E-state index in [4.69, 9.17) is 4.74 Å². The fourth-order valence-corrected chi connectivity index (χ4v) is 2.14. The number of carbonyl (C=O) groups is 3. The molecule has 126 valence electrons. The van der Waals surface area contributed by atoms with Gasteiger partial charge in [0.2, 0.25) is 5.91 Å². The summed E-state index contributed by atoms with van der Waals surface area (Å²) >= 11 is 0. The van der Waals surface area contributed by atoms with Gasteiger partial charge in [0, 0.05) is 39.1 Å². The van der Waals surface area contributed by atoms with E-state index in [1.807, 2.05) is 20.8 Å². The zero-order chi connectivity index (χ0) is 16.8. The Bertz CT molecular complexity index is 420. The number of carbonyl (C=O) groups excluding carboxylic acids is 3. The molecule has 1 fully saturated rings. The van der Waals surface area contributed by atoms with Crippen LogP contribution in [0.1, 0.15) is 33.6 Å². The van der Waals surface area contributed by atoms with Crippen LogP contribution in [0.5, 0.6) is 0 Å². The Morgan fingerprint density at radius 1 is 1.27 bits per heavy atom. The monoisotopic (exact) mass is 314 g/mol. The van der Waals surface area contributed by atoms with Crippen LogP contribution in [0.4, 0.5) is 9.59 Å². The van der Waals surface area contributed by atoms with Crippen LogP contribution >= 0.6 is 0 Å². The van der Waals surface area contributed by atoms with Crippen molar-refractivity contribution < 1.29 is 19.1 Å². The molecule has 1 heterocycles. The predicted octanol–water partition coefficient (Wildman–Crippen LogP) is 0.431. The van der Waals surface area contributed by atoms with Crippen molar-refractivity contribution in [3.63, 3.8) is 0 Å². The molecule has 0 aromatic heterocycles. The largest absolute Gasteiger partial charge is 0.444 e. The SMILES string of the molecule is CNC(=O)NC(=O)CCN1CCC(NC(=O)OC(C)(C)C)C1. The number of amides is 4. The van der Waals surface area contributed by atoms with E-state index in [2.05, 4.69) is 20.9 Å². The molecule has 1 saturated heterocycles. The number of likely N-dealkylation sites (tertiary alicyclic amines) is 1. The third-order valence-electron chi connectivity index (χ3n) is 3.13. The molecule has 8 heteroatoms. The predicted molar refractivity (Wildman–Crippen MR) is 81.4 cm³/mol. The molecule has 0 aromatic carbocycles. The number of hydrogen-bond donors (Lipinski definition) is 3. The summed E-state index contributed by atoms with van der Waals surface area (Å²) in [7, 11) is 1.45. The summed E-state index contributed by atoms with van der Waals surface area (Å²) in [5.41, 5.74) is -0.514. The molecule has 0 saturated carbocycles. The third kappa shape index (κ3) is 7.26. The summed E-state index contributed by atoms with van der Waals surface area (Å²) in [5.74, 6) is -0.317. The van der Waals surface area contributed by atoms with Crippen molar-refractivity contribution in [3.05, 3.63) is 0 Å². The highest BCUT2D eigenvalue weighted by atomic mass is 16.6. The van der Waals surface area contributed by atoms with Crippen molar-refractivity contribution in [1.29, 1.82) is 0 Å². The van der Waals surface area contributed by atoms with Gasteiger partial charge in [-0.25, -0.2) is 9.59 Å². The van der Waals surface area contributed by atoms with Gasteiger partial charge in [0.1, 0.15) is 5.60 Å². The Balaban J connectivity index is 2.24. The van der Waals surface area contributed by atoms with Crippen LogP contribution in [0.15, 0.2) is 0 Å². The van der Waals surface area contributed by atoms with Crippen LogP contribution in [0.25, 0.3) is 0 Å². The summed E-state index contributed by atoms with van der Waals surface area (Å²) in [5, 5.41) is 7.37. The zero-order valence-corrected chi connectivity index (χ0v) is 13.7. The number of ether oxygens (including phenoxy) is 1. The van der Waals surface area contributed by atoms with E-state index in [0.717, 1.165) is 13.0 Å². The van der Waals surface area contributed by atoms with Crippen molar-refractivity contribution in [2.24, 2.45) is 0 Å². The summed E-state index contributed by atoms with van der Waals surface area (Å²) in [6.45, 7) is 7.48. The van der Waals surface area contributed by atoms with Gasteiger partial charge in [-0.05, 0) is 27.2 Å². The minimum atomic E-state index is -0.514. The fourth-order valence-electron chi connectivity index (χ4n) is 2.14. The summed E-state index contributed by atoms with van der Waals surface area (Å²) < 4.78 is 5.21. The van der Waals surface area contributed by atoms with Crippen molar-refractivity contribution >= 4 is 18.0 Å². The normalized spacial score (nSPS) is 18.6. The molecule has 1 aliphatic heterocycles. The van der Waals surface area contributed by atoms with Gasteiger partial charge >= 0.3 is 12.1 Å². The average Bonchev–Trinajstić information content (AvgIpc) is 2.81. The highest BCUT2D eigenvalue weighted by molar-refractivity contribution is 5.94. The molecular weight excluding hydrogens is 288 g/mol. The molecule has 0 aromatic rings. The van der Waals surface area contributed by atoms with Gasteiger partial charge in [-0.15, -0.1) is 0 Å². The lowest BCUT2D eigenvalue weighted by Gasteiger charge is -2.22. The highest BCUT2D eigenvalue weighted by Gasteiger charge is 2.26. The van der Waals surface area contributed by atoms with Crippen LogP contribution in [-0.2, 0) is 9.53 Å². The molecule has 1 atom stereocenters. The molecule has 0 bridgehead atoms. The van der Waals surface area contributed by atoms with Gasteiger partial charge in [0.25, 0.3) is 0 Å². The minimum absolute atomic E-state index is 0.0249. The lowest BCUT2D eigenvalue weighted by molar-refractivity contribution is -0.120. The van der Waals surface area contributed by atoms with E-state index in [1.54, 1.807) is 0 Å². The van der Waals surface area contributed by atoms with Crippen molar-refractivity contribution in [3.8, 4) is 0 Å². The second kappa shape index (κ2) is 7.98.